The smallest absolute Gasteiger partial charge is 0.243 e. The maximum atomic E-state index is 12.0. The second-order valence-corrected chi connectivity index (χ2v) is 5.75. The number of aromatic nitrogens is 1. The van der Waals surface area contributed by atoms with Crippen LogP contribution in [0.2, 0.25) is 0 Å². The Labute approximate surface area is 157 Å². The average molecular weight is 358 g/mol. The number of carbonyl (C=O) groups is 1. The van der Waals surface area contributed by atoms with Gasteiger partial charge in [0.2, 0.25) is 11.8 Å². The topological polar surface area (TPSA) is 87.0 Å². The number of nitrogens with zero attached hydrogens (tertiary/aromatic N) is 2. The lowest BCUT2D eigenvalue weighted by Gasteiger charge is -2.09. The average Bonchev–Trinajstić information content (AvgIpc) is 2.73. The summed E-state index contributed by atoms with van der Waals surface area (Å²) in [5.74, 6) is 0.298. The summed E-state index contributed by atoms with van der Waals surface area (Å²) in [6, 6.07) is 22.2. The zero-order valence-electron chi connectivity index (χ0n) is 14.6. The molecule has 1 aromatic heterocycles. The van der Waals surface area contributed by atoms with Gasteiger partial charge in [-0.05, 0) is 35.9 Å². The molecule has 1 heterocycles. The molecule has 0 aliphatic heterocycles. The molecule has 0 bridgehead atoms. The van der Waals surface area contributed by atoms with Gasteiger partial charge in [-0.3, -0.25) is 4.79 Å². The van der Waals surface area contributed by atoms with Crippen LogP contribution in [0.3, 0.4) is 0 Å². The highest BCUT2D eigenvalue weighted by atomic mass is 16.5. The Morgan fingerprint density at radius 2 is 1.74 bits per heavy atom. The minimum Gasteiger partial charge on any atom is -0.473 e. The monoisotopic (exact) mass is 358 g/mol. The minimum absolute atomic E-state index is 0.109. The first-order valence-corrected chi connectivity index (χ1v) is 8.39. The van der Waals surface area contributed by atoms with Crippen molar-refractivity contribution in [3.63, 3.8) is 0 Å². The molecule has 0 spiro atoms. The third kappa shape index (κ3) is 5.58. The fourth-order valence-corrected chi connectivity index (χ4v) is 2.32. The van der Waals surface area contributed by atoms with Crippen LogP contribution in [-0.2, 0) is 11.4 Å². The Bertz CT molecular complexity index is 917. The first-order valence-electron chi connectivity index (χ1n) is 8.39. The van der Waals surface area contributed by atoms with Crippen molar-refractivity contribution in [2.75, 3.05) is 17.2 Å². The molecule has 6 heteroatoms. The summed E-state index contributed by atoms with van der Waals surface area (Å²) < 4.78 is 5.62. The number of pyridine rings is 1. The summed E-state index contributed by atoms with van der Waals surface area (Å²) >= 11 is 0. The third-order valence-corrected chi connectivity index (χ3v) is 3.72. The molecular formula is C21H18N4O2. The third-order valence-electron chi connectivity index (χ3n) is 3.72. The van der Waals surface area contributed by atoms with Crippen molar-refractivity contribution in [2.24, 2.45) is 0 Å². The Hall–Kier alpha value is -3.85. The number of carbonyl (C=O) groups excluding carboxylic acids is 1. The molecule has 1 amide bonds. The van der Waals surface area contributed by atoms with Crippen LogP contribution in [0, 0.1) is 11.3 Å². The number of anilines is 2. The number of nitrogens with one attached hydrogen (secondary N) is 2. The Kier molecular flexibility index (Phi) is 6.00. The molecule has 0 radical (unpaired) electrons. The van der Waals surface area contributed by atoms with E-state index >= 15 is 0 Å². The molecule has 2 N–H and O–H groups in total. The van der Waals surface area contributed by atoms with Gasteiger partial charge >= 0.3 is 0 Å². The fourth-order valence-electron chi connectivity index (χ4n) is 2.32. The summed E-state index contributed by atoms with van der Waals surface area (Å²) in [5, 5.41) is 14.5. The van der Waals surface area contributed by atoms with Crippen LogP contribution in [0.5, 0.6) is 5.88 Å². The van der Waals surface area contributed by atoms with E-state index in [1.807, 2.05) is 30.3 Å². The number of benzene rings is 2. The van der Waals surface area contributed by atoms with Crippen molar-refractivity contribution in [3.8, 4) is 11.9 Å². The van der Waals surface area contributed by atoms with Gasteiger partial charge in [-0.25, -0.2) is 4.98 Å². The maximum absolute atomic E-state index is 12.0. The van der Waals surface area contributed by atoms with E-state index in [-0.39, 0.29) is 12.5 Å². The van der Waals surface area contributed by atoms with E-state index in [1.54, 1.807) is 42.6 Å². The molecule has 0 atom stereocenters. The molecule has 0 aliphatic rings. The van der Waals surface area contributed by atoms with E-state index in [4.69, 9.17) is 10.00 Å². The SMILES string of the molecule is N#Cc1ccc(NCC(=O)Nc2ccc(OCc3ccccc3)nc2)cc1. The van der Waals surface area contributed by atoms with Crippen LogP contribution < -0.4 is 15.4 Å². The maximum Gasteiger partial charge on any atom is 0.243 e. The van der Waals surface area contributed by atoms with Crippen LogP contribution in [-0.4, -0.2) is 17.4 Å². The van der Waals surface area contributed by atoms with Gasteiger partial charge in [0.25, 0.3) is 0 Å². The lowest BCUT2D eigenvalue weighted by molar-refractivity contribution is -0.114. The van der Waals surface area contributed by atoms with Crippen molar-refractivity contribution in [1.82, 2.24) is 4.98 Å². The van der Waals surface area contributed by atoms with Gasteiger partial charge in [0, 0.05) is 11.8 Å². The molecule has 0 aliphatic carbocycles. The van der Waals surface area contributed by atoms with E-state index in [9.17, 15) is 4.79 Å². The Balaban J connectivity index is 1.45. The highest BCUT2D eigenvalue weighted by molar-refractivity contribution is 5.93. The summed E-state index contributed by atoms with van der Waals surface area (Å²) in [6.45, 7) is 0.548. The molecule has 6 nitrogen and oxygen atoms in total. The lowest BCUT2D eigenvalue weighted by atomic mass is 10.2. The van der Waals surface area contributed by atoms with Crippen molar-refractivity contribution in [3.05, 3.63) is 84.1 Å². The van der Waals surface area contributed by atoms with Crippen molar-refractivity contribution >= 4 is 17.3 Å². The standard InChI is InChI=1S/C21H18N4O2/c22-12-16-6-8-18(9-7-16)23-14-20(26)25-19-10-11-21(24-13-19)27-15-17-4-2-1-3-5-17/h1-11,13,23H,14-15H2,(H,25,26). The summed E-state index contributed by atoms with van der Waals surface area (Å²) in [4.78, 5) is 16.2. The van der Waals surface area contributed by atoms with Gasteiger partial charge in [-0.2, -0.15) is 5.26 Å². The molecule has 134 valence electrons. The van der Waals surface area contributed by atoms with Crippen molar-refractivity contribution < 1.29 is 9.53 Å². The molecule has 0 fully saturated rings. The largest absolute Gasteiger partial charge is 0.473 e. The number of nitriles is 1. The van der Waals surface area contributed by atoms with Gasteiger partial charge in [0.1, 0.15) is 6.61 Å². The predicted molar refractivity (Wildman–Crippen MR) is 103 cm³/mol. The van der Waals surface area contributed by atoms with E-state index in [1.165, 1.54) is 0 Å². The molecule has 0 saturated heterocycles. The number of amides is 1. The molecule has 3 rings (SSSR count). The molecule has 2 aromatic carbocycles. The summed E-state index contributed by atoms with van der Waals surface area (Å²) in [7, 11) is 0. The van der Waals surface area contributed by atoms with E-state index < -0.39 is 0 Å². The van der Waals surface area contributed by atoms with Crippen LogP contribution in [0.4, 0.5) is 11.4 Å². The van der Waals surface area contributed by atoms with Gasteiger partial charge in [-0.1, -0.05) is 30.3 Å². The Morgan fingerprint density at radius 3 is 2.41 bits per heavy atom. The highest BCUT2D eigenvalue weighted by Crippen LogP contribution is 2.14. The second kappa shape index (κ2) is 9.02. The first-order chi connectivity index (χ1) is 13.2. The van der Waals surface area contributed by atoms with Crippen LogP contribution in [0.15, 0.2) is 72.9 Å². The van der Waals surface area contributed by atoms with Gasteiger partial charge in [0.05, 0.1) is 30.1 Å². The van der Waals surface area contributed by atoms with Crippen LogP contribution >= 0.6 is 0 Å². The number of hydrogen-bond donors (Lipinski definition) is 2. The van der Waals surface area contributed by atoms with Crippen LogP contribution in [0.1, 0.15) is 11.1 Å². The van der Waals surface area contributed by atoms with Gasteiger partial charge in [0.15, 0.2) is 0 Å². The second-order valence-electron chi connectivity index (χ2n) is 5.75. The zero-order chi connectivity index (χ0) is 18.9. The zero-order valence-corrected chi connectivity index (χ0v) is 14.6. The number of ether oxygens (including phenoxy) is 1. The van der Waals surface area contributed by atoms with E-state index in [0.717, 1.165) is 11.3 Å². The minimum atomic E-state index is -0.195. The first kappa shape index (κ1) is 18.0. The van der Waals surface area contributed by atoms with Gasteiger partial charge in [-0.15, -0.1) is 0 Å². The molecule has 3 aromatic rings. The predicted octanol–water partition coefficient (Wildman–Crippen LogP) is 3.58. The van der Waals surface area contributed by atoms with Crippen molar-refractivity contribution in [2.45, 2.75) is 6.61 Å². The number of rotatable bonds is 7. The molecule has 0 unspecified atom stereocenters. The summed E-state index contributed by atoms with van der Waals surface area (Å²) in [5.41, 5.74) is 3.00. The summed E-state index contributed by atoms with van der Waals surface area (Å²) in [6.07, 6.45) is 1.56. The molecule has 0 saturated carbocycles. The van der Waals surface area contributed by atoms with Crippen LogP contribution in [0.25, 0.3) is 0 Å². The van der Waals surface area contributed by atoms with E-state index in [0.29, 0.717) is 23.7 Å². The van der Waals surface area contributed by atoms with E-state index in [2.05, 4.69) is 21.7 Å². The quantitative estimate of drug-likeness (QED) is 0.674. The highest BCUT2D eigenvalue weighted by Gasteiger charge is 2.04. The van der Waals surface area contributed by atoms with Gasteiger partial charge < -0.3 is 15.4 Å². The molecule has 27 heavy (non-hydrogen) atoms. The number of hydrogen-bond acceptors (Lipinski definition) is 5. The lowest BCUT2D eigenvalue weighted by Crippen LogP contribution is -2.21. The van der Waals surface area contributed by atoms with Crippen molar-refractivity contribution in [1.29, 1.82) is 5.26 Å². The molecular weight excluding hydrogens is 340 g/mol. The fraction of sp³-hybridized carbons (Fsp3) is 0.0952. The Morgan fingerprint density at radius 1 is 1.00 bits per heavy atom. The normalized spacial score (nSPS) is 9.89.